The Balaban J connectivity index is 1.51. The molecule has 194 valence electrons. The Morgan fingerprint density at radius 3 is 2.20 bits per heavy atom. The Hall–Kier alpha value is -2.46. The lowest BCUT2D eigenvalue weighted by atomic mass is 9.94. The van der Waals surface area contributed by atoms with Gasteiger partial charge in [-0.3, -0.25) is 14.4 Å². The maximum absolute atomic E-state index is 13.0. The molecule has 2 fully saturated rings. The van der Waals surface area contributed by atoms with Crippen molar-refractivity contribution in [1.82, 2.24) is 14.5 Å². The highest BCUT2D eigenvalue weighted by Crippen LogP contribution is 2.29. The number of piperidine rings is 1. The van der Waals surface area contributed by atoms with Gasteiger partial charge in [0.2, 0.25) is 27.7 Å². The van der Waals surface area contributed by atoms with E-state index in [1.54, 1.807) is 28.9 Å². The van der Waals surface area contributed by atoms with Crippen molar-refractivity contribution in [3.05, 3.63) is 24.3 Å². The number of carbonyl (C=O) groups excluding carboxylic acids is 3. The van der Waals surface area contributed by atoms with E-state index >= 15 is 0 Å². The van der Waals surface area contributed by atoms with E-state index in [-0.39, 0.29) is 52.5 Å². The summed E-state index contributed by atoms with van der Waals surface area (Å²) in [5, 5.41) is 2.86. The average Bonchev–Trinajstić information content (AvgIpc) is 3.21. The largest absolute Gasteiger partial charge is 0.342 e. The number of nitrogens with one attached hydrogen (secondary N) is 2. The number of likely N-dealkylation sites (tertiary alicyclic amines) is 2. The summed E-state index contributed by atoms with van der Waals surface area (Å²) in [5.41, 5.74) is 0.229. The van der Waals surface area contributed by atoms with Gasteiger partial charge in [0.15, 0.2) is 0 Å². The molecule has 0 radical (unpaired) electrons. The Kier molecular flexibility index (Phi) is 8.26. The van der Waals surface area contributed by atoms with Gasteiger partial charge in [0, 0.05) is 49.2 Å². The van der Waals surface area contributed by atoms with Crippen LogP contribution in [0.5, 0.6) is 0 Å². The third-order valence-corrected chi connectivity index (χ3v) is 8.47. The van der Waals surface area contributed by atoms with Gasteiger partial charge < -0.3 is 15.1 Å². The van der Waals surface area contributed by atoms with E-state index < -0.39 is 10.0 Å². The molecule has 0 bridgehead atoms. The summed E-state index contributed by atoms with van der Waals surface area (Å²) in [6.07, 6.45) is 2.03. The first-order chi connectivity index (χ1) is 16.3. The highest BCUT2D eigenvalue weighted by Gasteiger charge is 2.41. The smallest absolute Gasteiger partial charge is 0.240 e. The summed E-state index contributed by atoms with van der Waals surface area (Å²) in [7, 11) is -3.60. The summed E-state index contributed by atoms with van der Waals surface area (Å²) in [4.78, 5) is 41.8. The van der Waals surface area contributed by atoms with Crippen molar-refractivity contribution in [2.45, 2.75) is 76.8 Å². The number of amides is 3. The van der Waals surface area contributed by atoms with Crippen LogP contribution in [0.15, 0.2) is 29.2 Å². The highest BCUT2D eigenvalue weighted by molar-refractivity contribution is 7.89. The fourth-order valence-electron chi connectivity index (χ4n) is 4.52. The molecule has 0 spiro atoms. The monoisotopic (exact) mass is 506 g/mol. The van der Waals surface area contributed by atoms with Gasteiger partial charge in [-0.2, -0.15) is 0 Å². The normalized spacial score (nSPS) is 20.7. The Bertz CT molecular complexity index is 1040. The molecule has 2 saturated heterocycles. The predicted molar refractivity (Wildman–Crippen MR) is 134 cm³/mol. The SMILES string of the molecule is CCC(C)NS(=O)(=O)c1ccc(NC(=O)C2CCN(C(=O)C3CC(=O)N(C(C)(C)C)C3)CC2)cc1. The molecule has 2 unspecified atom stereocenters. The maximum atomic E-state index is 13.0. The second-order valence-electron chi connectivity index (χ2n) is 10.6. The Morgan fingerprint density at radius 1 is 1.09 bits per heavy atom. The Morgan fingerprint density at radius 2 is 1.69 bits per heavy atom. The number of anilines is 1. The molecule has 0 aromatic heterocycles. The summed E-state index contributed by atoms with van der Waals surface area (Å²) >= 11 is 0. The molecular formula is C25H38N4O5S. The van der Waals surface area contributed by atoms with Crippen molar-refractivity contribution < 1.29 is 22.8 Å². The van der Waals surface area contributed by atoms with Gasteiger partial charge in [-0.1, -0.05) is 6.92 Å². The Labute approximate surface area is 208 Å². The molecule has 3 amide bonds. The van der Waals surface area contributed by atoms with Gasteiger partial charge in [0.05, 0.1) is 10.8 Å². The fourth-order valence-corrected chi connectivity index (χ4v) is 5.85. The minimum Gasteiger partial charge on any atom is -0.342 e. The van der Waals surface area contributed by atoms with E-state index in [1.165, 1.54) is 12.1 Å². The summed E-state index contributed by atoms with van der Waals surface area (Å²) in [6, 6.07) is 5.96. The fraction of sp³-hybridized carbons (Fsp3) is 0.640. The maximum Gasteiger partial charge on any atom is 0.240 e. The van der Waals surface area contributed by atoms with Crippen molar-refractivity contribution in [1.29, 1.82) is 0 Å². The summed E-state index contributed by atoms with van der Waals surface area (Å²) in [5.74, 6) is -0.686. The van der Waals surface area contributed by atoms with Crippen molar-refractivity contribution in [3.63, 3.8) is 0 Å². The molecule has 1 aromatic carbocycles. The lowest BCUT2D eigenvalue weighted by molar-refractivity contribution is -0.138. The predicted octanol–water partition coefficient (Wildman–Crippen LogP) is 2.59. The number of nitrogens with zero attached hydrogens (tertiary/aromatic N) is 2. The number of hydrogen-bond donors (Lipinski definition) is 2. The van der Waals surface area contributed by atoms with Crippen molar-refractivity contribution >= 4 is 33.4 Å². The summed E-state index contributed by atoms with van der Waals surface area (Å²) in [6.45, 7) is 11.0. The van der Waals surface area contributed by atoms with Crippen LogP contribution in [0.4, 0.5) is 5.69 Å². The molecule has 9 nitrogen and oxygen atoms in total. The van der Waals surface area contributed by atoms with Crippen LogP contribution in [0.2, 0.25) is 0 Å². The number of sulfonamides is 1. The second-order valence-corrected chi connectivity index (χ2v) is 12.3. The number of hydrogen-bond acceptors (Lipinski definition) is 5. The van der Waals surface area contributed by atoms with Crippen LogP contribution in [0.1, 0.15) is 60.3 Å². The minimum absolute atomic E-state index is 0.00763. The average molecular weight is 507 g/mol. The second kappa shape index (κ2) is 10.7. The molecule has 2 N–H and O–H groups in total. The van der Waals surface area contributed by atoms with Crippen LogP contribution in [-0.2, 0) is 24.4 Å². The summed E-state index contributed by atoms with van der Waals surface area (Å²) < 4.78 is 27.4. The number of benzene rings is 1. The standard InChI is InChI=1S/C25H38N4O5S/c1-6-17(2)27-35(33,34)21-9-7-20(8-10-21)26-23(31)18-11-13-28(14-12-18)24(32)19-15-22(30)29(16-19)25(3,4)5/h7-10,17-19,27H,6,11-16H2,1-5H3,(H,26,31). The first-order valence-electron chi connectivity index (χ1n) is 12.3. The number of rotatable bonds is 7. The van der Waals surface area contributed by atoms with Gasteiger partial charge in [-0.25, -0.2) is 13.1 Å². The van der Waals surface area contributed by atoms with Crippen LogP contribution in [0, 0.1) is 11.8 Å². The molecule has 3 rings (SSSR count). The zero-order chi connectivity index (χ0) is 26.0. The van der Waals surface area contributed by atoms with Gasteiger partial charge in [-0.15, -0.1) is 0 Å². The minimum atomic E-state index is -3.60. The topological polar surface area (TPSA) is 116 Å². The van der Waals surface area contributed by atoms with Gasteiger partial charge in [0.25, 0.3) is 0 Å². The van der Waals surface area contributed by atoms with Crippen LogP contribution >= 0.6 is 0 Å². The molecule has 0 aliphatic carbocycles. The van der Waals surface area contributed by atoms with Crippen LogP contribution in [-0.4, -0.2) is 67.2 Å². The van der Waals surface area contributed by atoms with Crippen molar-refractivity contribution in [3.8, 4) is 0 Å². The molecule has 10 heteroatoms. The van der Waals surface area contributed by atoms with Gasteiger partial charge in [-0.05, 0) is 71.2 Å². The third kappa shape index (κ3) is 6.61. The number of carbonyl (C=O) groups is 3. The van der Waals surface area contributed by atoms with Crippen molar-refractivity contribution in [2.24, 2.45) is 11.8 Å². The van der Waals surface area contributed by atoms with Crippen molar-refractivity contribution in [2.75, 3.05) is 25.0 Å². The van der Waals surface area contributed by atoms with Gasteiger partial charge >= 0.3 is 0 Å². The molecule has 2 aliphatic rings. The zero-order valence-corrected chi connectivity index (χ0v) is 22.2. The van der Waals surface area contributed by atoms with E-state index in [1.807, 2.05) is 27.7 Å². The molecule has 0 saturated carbocycles. The molecular weight excluding hydrogens is 468 g/mol. The lowest BCUT2D eigenvalue weighted by Crippen LogP contribution is -2.46. The quantitative estimate of drug-likeness (QED) is 0.590. The molecule has 1 aromatic rings. The molecule has 2 aliphatic heterocycles. The molecule has 35 heavy (non-hydrogen) atoms. The first kappa shape index (κ1) is 27.1. The van der Waals surface area contributed by atoms with Gasteiger partial charge in [0.1, 0.15) is 0 Å². The van der Waals surface area contributed by atoms with Crippen LogP contribution in [0.25, 0.3) is 0 Å². The van der Waals surface area contributed by atoms with E-state index in [4.69, 9.17) is 0 Å². The third-order valence-electron chi connectivity index (χ3n) is 6.86. The zero-order valence-electron chi connectivity index (χ0n) is 21.3. The first-order valence-corrected chi connectivity index (χ1v) is 13.8. The van der Waals surface area contributed by atoms with E-state index in [9.17, 15) is 22.8 Å². The van der Waals surface area contributed by atoms with E-state index in [2.05, 4.69) is 10.0 Å². The van der Waals surface area contributed by atoms with Crippen LogP contribution < -0.4 is 10.0 Å². The van der Waals surface area contributed by atoms with E-state index in [0.717, 1.165) is 0 Å². The highest BCUT2D eigenvalue weighted by atomic mass is 32.2. The lowest BCUT2D eigenvalue weighted by Gasteiger charge is -2.34. The van der Waals surface area contributed by atoms with Crippen LogP contribution in [0.3, 0.4) is 0 Å². The molecule has 2 atom stereocenters. The molecule has 2 heterocycles. The van der Waals surface area contributed by atoms with E-state index in [0.29, 0.717) is 44.6 Å².